The molecule has 1 atom stereocenters. The third-order valence-corrected chi connectivity index (χ3v) is 6.80. The lowest BCUT2D eigenvalue weighted by Crippen LogP contribution is -2.22. The molecular formula is C17H22FO3PS. The first-order valence-corrected chi connectivity index (χ1v) is 9.52. The summed E-state index contributed by atoms with van der Waals surface area (Å²) in [5.41, 5.74) is 0. The van der Waals surface area contributed by atoms with Crippen LogP contribution in [0.3, 0.4) is 0 Å². The van der Waals surface area contributed by atoms with Gasteiger partial charge in [0, 0.05) is 11.3 Å². The van der Waals surface area contributed by atoms with Gasteiger partial charge in [-0.15, -0.1) is 19.7 Å². The first kappa shape index (κ1) is 19.9. The molecule has 0 aliphatic carbocycles. The molecule has 0 radical (unpaired) electrons. The zero-order chi connectivity index (χ0) is 17.2. The van der Waals surface area contributed by atoms with Crippen LogP contribution in [0.1, 0.15) is 12.8 Å². The highest BCUT2D eigenvalue weighted by Gasteiger charge is 2.52. The van der Waals surface area contributed by atoms with E-state index in [2.05, 4.69) is 19.7 Å². The second kappa shape index (κ2) is 9.89. The van der Waals surface area contributed by atoms with Crippen LogP contribution in [-0.4, -0.2) is 18.0 Å². The summed E-state index contributed by atoms with van der Waals surface area (Å²) in [5.74, 6) is 0. The van der Waals surface area contributed by atoms with Crippen LogP contribution >= 0.6 is 19.4 Å². The van der Waals surface area contributed by atoms with Crippen LogP contribution in [0, 0.1) is 0 Å². The Morgan fingerprint density at radius 2 is 1.65 bits per heavy atom. The highest BCUT2D eigenvalue weighted by atomic mass is 32.2. The highest BCUT2D eigenvalue weighted by Crippen LogP contribution is 2.68. The lowest BCUT2D eigenvalue weighted by atomic mass is 10.3. The first-order chi connectivity index (χ1) is 11.0. The van der Waals surface area contributed by atoms with Gasteiger partial charge in [0.25, 0.3) is 4.74 Å². The molecule has 0 aliphatic heterocycles. The average Bonchev–Trinajstić information content (AvgIpc) is 2.57. The molecule has 6 heteroatoms. The zero-order valence-electron chi connectivity index (χ0n) is 13.0. The summed E-state index contributed by atoms with van der Waals surface area (Å²) in [6, 6.07) is 8.90. The lowest BCUT2D eigenvalue weighted by molar-refractivity contribution is 0.189. The molecule has 1 aromatic carbocycles. The SMILES string of the molecule is C=CCCC(F)(Sc1ccccc1)P(=O)(OCC=C)OCC=C. The number of hydrogen-bond donors (Lipinski definition) is 0. The van der Waals surface area contributed by atoms with E-state index in [4.69, 9.17) is 9.05 Å². The van der Waals surface area contributed by atoms with Crippen molar-refractivity contribution in [2.75, 3.05) is 13.2 Å². The molecule has 0 saturated heterocycles. The molecule has 0 spiro atoms. The highest BCUT2D eigenvalue weighted by molar-refractivity contribution is 8.06. The van der Waals surface area contributed by atoms with Crippen molar-refractivity contribution in [3.8, 4) is 0 Å². The van der Waals surface area contributed by atoms with E-state index in [1.165, 1.54) is 12.2 Å². The van der Waals surface area contributed by atoms with Gasteiger partial charge in [-0.2, -0.15) is 0 Å². The Labute approximate surface area is 141 Å². The van der Waals surface area contributed by atoms with E-state index in [0.717, 1.165) is 11.8 Å². The maximum Gasteiger partial charge on any atom is 0.378 e. The molecule has 126 valence electrons. The number of hydrogen-bond acceptors (Lipinski definition) is 4. The van der Waals surface area contributed by atoms with Crippen molar-refractivity contribution in [1.82, 2.24) is 0 Å². The summed E-state index contributed by atoms with van der Waals surface area (Å²) in [6.07, 6.45) is 4.69. The molecule has 0 saturated carbocycles. The minimum atomic E-state index is -4.06. The predicted molar refractivity (Wildman–Crippen MR) is 95.5 cm³/mol. The second-order valence-corrected chi connectivity index (χ2v) is 8.44. The number of allylic oxidation sites excluding steroid dienone is 1. The fraction of sp³-hybridized carbons (Fsp3) is 0.294. The van der Waals surface area contributed by atoms with Crippen LogP contribution in [0.25, 0.3) is 0 Å². The number of thioether (sulfide) groups is 1. The fourth-order valence-corrected chi connectivity index (χ4v) is 5.15. The number of alkyl halides is 1. The molecular weight excluding hydrogens is 334 g/mol. The van der Waals surface area contributed by atoms with Crippen LogP contribution in [0.2, 0.25) is 0 Å². The molecule has 0 aliphatic rings. The van der Waals surface area contributed by atoms with Crippen LogP contribution in [0.5, 0.6) is 0 Å². The van der Waals surface area contributed by atoms with Gasteiger partial charge in [-0.3, -0.25) is 4.57 Å². The second-order valence-electron chi connectivity index (χ2n) is 4.60. The van der Waals surface area contributed by atoms with Crippen molar-refractivity contribution in [3.05, 3.63) is 68.3 Å². The van der Waals surface area contributed by atoms with Crippen molar-refractivity contribution in [3.63, 3.8) is 0 Å². The van der Waals surface area contributed by atoms with Gasteiger partial charge >= 0.3 is 7.60 Å². The molecule has 0 amide bonds. The number of rotatable bonds is 12. The van der Waals surface area contributed by atoms with E-state index < -0.39 is 12.3 Å². The van der Waals surface area contributed by atoms with Crippen molar-refractivity contribution in [2.45, 2.75) is 22.5 Å². The Bertz CT molecular complexity index is 548. The number of benzene rings is 1. The standard InChI is InChI=1S/C17H22FO3PS/c1-4-7-13-17(18,23-16-11-9-8-10-12-16)22(19,20-14-5-2)21-15-6-3/h4-6,8-12H,1-3,7,13-15H2. The fourth-order valence-electron chi connectivity index (χ4n) is 1.72. The van der Waals surface area contributed by atoms with Gasteiger partial charge in [0.1, 0.15) is 0 Å². The van der Waals surface area contributed by atoms with Crippen LogP contribution < -0.4 is 0 Å². The maximum atomic E-state index is 15.7. The zero-order valence-corrected chi connectivity index (χ0v) is 14.7. The quantitative estimate of drug-likeness (QED) is 0.263. The molecule has 0 N–H and O–H groups in total. The molecule has 1 unspecified atom stereocenters. The van der Waals surface area contributed by atoms with Gasteiger partial charge in [-0.1, -0.05) is 48.2 Å². The summed E-state index contributed by atoms with van der Waals surface area (Å²) < 4.78 is 37.1. The van der Waals surface area contributed by atoms with Crippen LogP contribution in [0.15, 0.2) is 73.2 Å². The predicted octanol–water partition coefficient (Wildman–Crippen LogP) is 5.97. The minimum Gasteiger partial charge on any atom is -0.302 e. The topological polar surface area (TPSA) is 35.5 Å². The Kier molecular flexibility index (Phi) is 8.56. The van der Waals surface area contributed by atoms with Crippen LogP contribution in [-0.2, 0) is 13.6 Å². The summed E-state index contributed by atoms with van der Waals surface area (Å²) >= 11 is 0.843. The molecule has 0 heterocycles. The van der Waals surface area contributed by atoms with Gasteiger partial charge in [0.2, 0.25) is 0 Å². The van der Waals surface area contributed by atoms with E-state index in [9.17, 15) is 4.57 Å². The summed E-state index contributed by atoms with van der Waals surface area (Å²) in [7, 11) is -4.06. The Morgan fingerprint density at radius 3 is 2.13 bits per heavy atom. The van der Waals surface area contributed by atoms with Crippen molar-refractivity contribution in [1.29, 1.82) is 0 Å². The summed E-state index contributed by atoms with van der Waals surface area (Å²) in [4.78, 5) is 0.642. The van der Waals surface area contributed by atoms with E-state index in [-0.39, 0.29) is 19.6 Å². The molecule has 3 nitrogen and oxygen atoms in total. The molecule has 0 bridgehead atoms. The third kappa shape index (κ3) is 5.78. The van der Waals surface area contributed by atoms with Gasteiger partial charge in [0.05, 0.1) is 13.2 Å². The monoisotopic (exact) mass is 356 g/mol. The van der Waals surface area contributed by atoms with Gasteiger partial charge in [0.15, 0.2) is 0 Å². The largest absolute Gasteiger partial charge is 0.378 e. The minimum absolute atomic E-state index is 0.0401. The van der Waals surface area contributed by atoms with Gasteiger partial charge < -0.3 is 9.05 Å². The van der Waals surface area contributed by atoms with Crippen molar-refractivity contribution >= 4 is 19.4 Å². The normalized spacial score (nSPS) is 14.0. The Balaban J connectivity index is 3.14. The average molecular weight is 356 g/mol. The smallest absolute Gasteiger partial charge is 0.302 e. The third-order valence-electron chi connectivity index (χ3n) is 2.81. The lowest BCUT2D eigenvalue weighted by Gasteiger charge is -2.31. The van der Waals surface area contributed by atoms with Crippen LogP contribution in [0.4, 0.5) is 4.39 Å². The molecule has 1 aromatic rings. The molecule has 0 aromatic heterocycles. The summed E-state index contributed by atoms with van der Waals surface area (Å²) in [5, 5.41) is 0. The van der Waals surface area contributed by atoms with Crippen molar-refractivity contribution in [2.24, 2.45) is 0 Å². The van der Waals surface area contributed by atoms with Crippen molar-refractivity contribution < 1.29 is 18.0 Å². The summed E-state index contributed by atoms with van der Waals surface area (Å²) in [6.45, 7) is 10.5. The van der Waals surface area contributed by atoms with E-state index in [1.807, 2.05) is 6.07 Å². The first-order valence-electron chi connectivity index (χ1n) is 7.16. The Hall–Kier alpha value is -1.13. The molecule has 1 rings (SSSR count). The van der Waals surface area contributed by atoms with E-state index in [0.29, 0.717) is 11.3 Å². The van der Waals surface area contributed by atoms with E-state index in [1.54, 1.807) is 30.3 Å². The molecule has 0 fully saturated rings. The number of halogens is 1. The Morgan fingerprint density at radius 1 is 1.09 bits per heavy atom. The van der Waals surface area contributed by atoms with Gasteiger partial charge in [-0.05, 0) is 18.6 Å². The van der Waals surface area contributed by atoms with E-state index >= 15 is 4.39 Å². The molecule has 23 heavy (non-hydrogen) atoms. The van der Waals surface area contributed by atoms with Gasteiger partial charge in [-0.25, -0.2) is 4.39 Å². The maximum absolute atomic E-state index is 15.7.